The summed E-state index contributed by atoms with van der Waals surface area (Å²) in [6.45, 7) is 0. The van der Waals surface area contributed by atoms with Crippen molar-refractivity contribution < 1.29 is 14.7 Å². The quantitative estimate of drug-likeness (QED) is 0.395. The van der Waals surface area contributed by atoms with Gasteiger partial charge in [0.25, 0.3) is 0 Å². The molecule has 22 heavy (non-hydrogen) atoms. The number of carboxylic acid groups (broad SMARTS) is 1. The van der Waals surface area contributed by atoms with E-state index >= 15 is 0 Å². The van der Waals surface area contributed by atoms with Crippen molar-refractivity contribution in [2.75, 3.05) is 0 Å². The maximum atomic E-state index is 11.5. The number of nitrogens with zero attached hydrogens (tertiary/aromatic N) is 1. The maximum absolute atomic E-state index is 11.5. The topological polar surface area (TPSA) is 78.8 Å². The zero-order chi connectivity index (χ0) is 16.0. The Morgan fingerprint density at radius 2 is 1.73 bits per heavy atom. The summed E-state index contributed by atoms with van der Waals surface area (Å²) >= 11 is 0. The lowest BCUT2D eigenvalue weighted by Gasteiger charge is -1.99. The molecule has 0 atom stereocenters. The lowest BCUT2D eigenvalue weighted by atomic mass is 10.1. The fraction of sp³-hybridized carbons (Fsp3) is 0.353. The number of nitrogens with one attached hydrogen (secondary N) is 1. The molecule has 0 aliphatic rings. The second-order valence-corrected chi connectivity index (χ2v) is 4.89. The number of carboxylic acids is 1. The van der Waals surface area contributed by atoms with Crippen LogP contribution in [0.15, 0.2) is 41.5 Å². The Hall–Kier alpha value is -2.43. The normalized spacial score (nSPS) is 11.1. The Kier molecular flexibility index (Phi) is 9.01. The molecule has 0 bridgehead atoms. The van der Waals surface area contributed by atoms with Gasteiger partial charge in [-0.15, -0.1) is 0 Å². The number of unbranched alkanes of at least 4 members (excludes halogenated alkanes) is 3. The maximum Gasteiger partial charge on any atom is 0.303 e. The average Bonchev–Trinajstić information content (AvgIpc) is 2.51. The van der Waals surface area contributed by atoms with Gasteiger partial charge in [0.15, 0.2) is 0 Å². The predicted octanol–water partition coefficient (Wildman–Crippen LogP) is 3.23. The SMILES string of the molecule is O=C(O)CCCCCCC(=O)N/N=C/C=C/c1ccccc1. The van der Waals surface area contributed by atoms with E-state index in [1.807, 2.05) is 36.4 Å². The Morgan fingerprint density at radius 3 is 2.41 bits per heavy atom. The molecule has 0 saturated carbocycles. The molecule has 1 amide bonds. The number of carbonyl (C=O) groups is 2. The second-order valence-electron chi connectivity index (χ2n) is 4.89. The summed E-state index contributed by atoms with van der Waals surface area (Å²) in [7, 11) is 0. The van der Waals surface area contributed by atoms with Crippen LogP contribution in [0.3, 0.4) is 0 Å². The molecule has 0 saturated heterocycles. The van der Waals surface area contributed by atoms with Crippen molar-refractivity contribution in [3.05, 3.63) is 42.0 Å². The number of carbonyl (C=O) groups excluding carboxylic acids is 1. The zero-order valence-electron chi connectivity index (χ0n) is 12.6. The Labute approximate surface area is 130 Å². The summed E-state index contributed by atoms with van der Waals surface area (Å²) < 4.78 is 0. The van der Waals surface area contributed by atoms with Crippen LogP contribution in [0.4, 0.5) is 0 Å². The van der Waals surface area contributed by atoms with E-state index in [4.69, 9.17) is 5.11 Å². The van der Waals surface area contributed by atoms with Crippen LogP contribution >= 0.6 is 0 Å². The number of amides is 1. The Morgan fingerprint density at radius 1 is 1.05 bits per heavy atom. The van der Waals surface area contributed by atoms with Gasteiger partial charge in [0, 0.05) is 19.1 Å². The van der Waals surface area contributed by atoms with E-state index < -0.39 is 5.97 Å². The van der Waals surface area contributed by atoms with Crippen LogP contribution in [-0.4, -0.2) is 23.2 Å². The number of hydrogen-bond donors (Lipinski definition) is 2. The molecule has 0 unspecified atom stereocenters. The summed E-state index contributed by atoms with van der Waals surface area (Å²) in [6.07, 6.45) is 8.93. The molecule has 0 aliphatic carbocycles. The lowest BCUT2D eigenvalue weighted by molar-refractivity contribution is -0.137. The number of hydrazone groups is 1. The van der Waals surface area contributed by atoms with Gasteiger partial charge in [-0.1, -0.05) is 49.2 Å². The van der Waals surface area contributed by atoms with Gasteiger partial charge in [-0.25, -0.2) is 5.43 Å². The largest absolute Gasteiger partial charge is 0.481 e. The number of allylic oxidation sites excluding steroid dienone is 1. The van der Waals surface area contributed by atoms with Gasteiger partial charge in [0.1, 0.15) is 0 Å². The number of rotatable bonds is 10. The molecule has 5 nitrogen and oxygen atoms in total. The van der Waals surface area contributed by atoms with Gasteiger partial charge in [-0.3, -0.25) is 9.59 Å². The molecule has 2 N–H and O–H groups in total. The molecule has 0 spiro atoms. The molecule has 0 fully saturated rings. The molecule has 1 rings (SSSR count). The van der Waals surface area contributed by atoms with Crippen molar-refractivity contribution in [2.24, 2.45) is 5.10 Å². The highest BCUT2D eigenvalue weighted by Gasteiger charge is 2.00. The van der Waals surface area contributed by atoms with Crippen LogP contribution in [-0.2, 0) is 9.59 Å². The van der Waals surface area contributed by atoms with Gasteiger partial charge < -0.3 is 5.11 Å². The van der Waals surface area contributed by atoms with Crippen LogP contribution < -0.4 is 5.43 Å². The molecule has 0 aliphatic heterocycles. The minimum atomic E-state index is -0.768. The van der Waals surface area contributed by atoms with Gasteiger partial charge >= 0.3 is 5.97 Å². The monoisotopic (exact) mass is 302 g/mol. The molecular formula is C17H22N2O3. The van der Waals surface area contributed by atoms with E-state index in [1.54, 1.807) is 6.08 Å². The fourth-order valence-electron chi connectivity index (χ4n) is 1.84. The Bertz CT molecular complexity index is 510. The van der Waals surface area contributed by atoms with Gasteiger partial charge in [-0.05, 0) is 24.5 Å². The molecule has 0 aromatic heterocycles. The molecular weight excluding hydrogens is 280 g/mol. The summed E-state index contributed by atoms with van der Waals surface area (Å²) in [5.74, 6) is -0.891. The summed E-state index contributed by atoms with van der Waals surface area (Å²) in [5, 5.41) is 12.3. The summed E-state index contributed by atoms with van der Waals surface area (Å²) in [4.78, 5) is 21.8. The van der Waals surface area contributed by atoms with E-state index in [0.29, 0.717) is 12.8 Å². The van der Waals surface area contributed by atoms with E-state index in [9.17, 15) is 9.59 Å². The first-order valence-electron chi connectivity index (χ1n) is 7.44. The zero-order valence-corrected chi connectivity index (χ0v) is 12.6. The van der Waals surface area contributed by atoms with Crippen molar-refractivity contribution >= 4 is 24.2 Å². The molecule has 1 aromatic rings. The van der Waals surface area contributed by atoms with Gasteiger partial charge in [0.05, 0.1) is 0 Å². The Balaban J connectivity index is 2.06. The van der Waals surface area contributed by atoms with Crippen molar-refractivity contribution in [3.8, 4) is 0 Å². The standard InChI is InChI=1S/C17H22N2O3/c20-16(12-6-1-2-7-13-17(21)22)19-18-14-8-11-15-9-4-3-5-10-15/h3-5,8-11,14H,1-2,6-7,12-13H2,(H,19,20)(H,21,22)/b11-8+,18-14+. The highest BCUT2D eigenvalue weighted by Crippen LogP contribution is 2.05. The molecule has 0 radical (unpaired) electrons. The van der Waals surface area contributed by atoms with Gasteiger partial charge in [-0.2, -0.15) is 5.10 Å². The van der Waals surface area contributed by atoms with Crippen molar-refractivity contribution in [2.45, 2.75) is 38.5 Å². The van der Waals surface area contributed by atoms with Crippen molar-refractivity contribution in [1.29, 1.82) is 0 Å². The molecule has 1 aromatic carbocycles. The summed E-state index contributed by atoms with van der Waals surface area (Å²) in [6, 6.07) is 9.82. The van der Waals surface area contributed by atoms with E-state index in [2.05, 4.69) is 10.5 Å². The van der Waals surface area contributed by atoms with Crippen LogP contribution in [0.2, 0.25) is 0 Å². The average molecular weight is 302 g/mol. The first-order chi connectivity index (χ1) is 10.7. The number of hydrogen-bond acceptors (Lipinski definition) is 3. The molecule has 5 heteroatoms. The van der Waals surface area contributed by atoms with E-state index in [-0.39, 0.29) is 12.3 Å². The van der Waals surface area contributed by atoms with E-state index in [1.165, 1.54) is 6.21 Å². The van der Waals surface area contributed by atoms with Crippen molar-refractivity contribution in [3.63, 3.8) is 0 Å². The number of benzene rings is 1. The summed E-state index contributed by atoms with van der Waals surface area (Å²) in [5.41, 5.74) is 3.53. The third-order valence-electron chi connectivity index (χ3n) is 2.98. The van der Waals surface area contributed by atoms with Crippen LogP contribution in [0.1, 0.15) is 44.1 Å². The fourth-order valence-corrected chi connectivity index (χ4v) is 1.84. The third kappa shape index (κ3) is 9.47. The van der Waals surface area contributed by atoms with Crippen LogP contribution in [0.5, 0.6) is 0 Å². The molecule has 0 heterocycles. The lowest BCUT2D eigenvalue weighted by Crippen LogP contribution is -2.16. The van der Waals surface area contributed by atoms with Crippen LogP contribution in [0.25, 0.3) is 6.08 Å². The minimum Gasteiger partial charge on any atom is -0.481 e. The number of aliphatic carboxylic acids is 1. The van der Waals surface area contributed by atoms with Gasteiger partial charge in [0.2, 0.25) is 5.91 Å². The first kappa shape index (κ1) is 17.6. The third-order valence-corrected chi connectivity index (χ3v) is 2.98. The van der Waals surface area contributed by atoms with Crippen molar-refractivity contribution in [1.82, 2.24) is 5.43 Å². The molecule has 118 valence electrons. The highest BCUT2D eigenvalue weighted by molar-refractivity contribution is 5.81. The second kappa shape index (κ2) is 11.3. The van der Waals surface area contributed by atoms with E-state index in [0.717, 1.165) is 24.8 Å². The predicted molar refractivity (Wildman–Crippen MR) is 87.4 cm³/mol. The smallest absolute Gasteiger partial charge is 0.303 e. The highest BCUT2D eigenvalue weighted by atomic mass is 16.4. The first-order valence-corrected chi connectivity index (χ1v) is 7.44. The minimum absolute atomic E-state index is 0.123. The van der Waals surface area contributed by atoms with Crippen LogP contribution in [0, 0.1) is 0 Å².